The highest BCUT2D eigenvalue weighted by atomic mass is 16.5. The van der Waals surface area contributed by atoms with Crippen LogP contribution < -0.4 is 5.32 Å². The number of nitrogens with one attached hydrogen (secondary N) is 1. The molecule has 1 N–H and O–H groups in total. The van der Waals surface area contributed by atoms with Gasteiger partial charge >= 0.3 is 0 Å². The lowest BCUT2D eigenvalue weighted by Crippen LogP contribution is -2.24. The van der Waals surface area contributed by atoms with Crippen LogP contribution in [-0.4, -0.2) is 51.7 Å². The Balaban J connectivity index is 3.10. The second-order valence-corrected chi connectivity index (χ2v) is 3.49. The Bertz CT molecular complexity index is 149. The normalized spacial score (nSPS) is 10.2. The van der Waals surface area contributed by atoms with Gasteiger partial charge in [0.1, 0.15) is 0 Å². The lowest BCUT2D eigenvalue weighted by Gasteiger charge is -2.09. The second-order valence-electron chi connectivity index (χ2n) is 3.49. The fraction of sp³-hybridized carbons (Fsp3) is 0.900. The van der Waals surface area contributed by atoms with Crippen molar-refractivity contribution in [1.29, 1.82) is 0 Å². The number of rotatable bonds is 8. The van der Waals surface area contributed by atoms with Gasteiger partial charge in [0.05, 0.1) is 0 Å². The first-order valence-corrected chi connectivity index (χ1v) is 5.08. The Kier molecular flexibility index (Phi) is 8.57. The maximum Gasteiger partial charge on any atom is 0.222 e. The molecule has 0 bridgehead atoms. The number of methoxy groups -OCH3 is 1. The maximum atomic E-state index is 11.2. The van der Waals surface area contributed by atoms with Gasteiger partial charge in [-0.05, 0) is 25.9 Å². The third kappa shape index (κ3) is 8.01. The summed E-state index contributed by atoms with van der Waals surface area (Å²) in [6.45, 7) is 2.66. The van der Waals surface area contributed by atoms with Crippen LogP contribution in [0.15, 0.2) is 0 Å². The van der Waals surface area contributed by atoms with E-state index in [2.05, 4.69) is 5.32 Å². The first-order chi connectivity index (χ1) is 6.68. The first kappa shape index (κ1) is 13.4. The van der Waals surface area contributed by atoms with E-state index in [9.17, 15) is 4.79 Å². The molecular formula is C10H22N2O2. The number of amides is 1. The number of carbonyl (C=O) groups excluding carboxylic acids is 1. The van der Waals surface area contributed by atoms with E-state index in [0.717, 1.165) is 32.5 Å². The molecule has 0 aliphatic rings. The lowest BCUT2D eigenvalue weighted by atomic mass is 10.3. The Morgan fingerprint density at radius 3 is 2.50 bits per heavy atom. The number of ether oxygens (including phenoxy) is 1. The van der Waals surface area contributed by atoms with Gasteiger partial charge in [-0.15, -0.1) is 0 Å². The van der Waals surface area contributed by atoms with E-state index in [0.29, 0.717) is 6.42 Å². The zero-order valence-corrected chi connectivity index (χ0v) is 9.51. The largest absolute Gasteiger partial charge is 0.385 e. The summed E-state index contributed by atoms with van der Waals surface area (Å²) in [4.78, 5) is 12.8. The first-order valence-electron chi connectivity index (χ1n) is 5.08. The van der Waals surface area contributed by atoms with Crippen LogP contribution in [0.2, 0.25) is 0 Å². The molecule has 0 atom stereocenters. The van der Waals surface area contributed by atoms with Gasteiger partial charge in [-0.1, -0.05) is 0 Å². The predicted octanol–water partition coefficient (Wildman–Crippen LogP) is 0.481. The monoisotopic (exact) mass is 202 g/mol. The van der Waals surface area contributed by atoms with Crippen molar-refractivity contribution in [1.82, 2.24) is 10.2 Å². The fourth-order valence-electron chi connectivity index (χ4n) is 1.05. The van der Waals surface area contributed by atoms with Crippen LogP contribution in [0.3, 0.4) is 0 Å². The van der Waals surface area contributed by atoms with Crippen molar-refractivity contribution in [3.05, 3.63) is 0 Å². The topological polar surface area (TPSA) is 41.6 Å². The van der Waals surface area contributed by atoms with Gasteiger partial charge in [0, 0.05) is 34.2 Å². The minimum atomic E-state index is 0.198. The Labute approximate surface area is 86.6 Å². The highest BCUT2D eigenvalue weighted by Gasteiger charge is 2.01. The molecule has 0 spiro atoms. The van der Waals surface area contributed by atoms with Crippen LogP contribution >= 0.6 is 0 Å². The van der Waals surface area contributed by atoms with Gasteiger partial charge in [0.2, 0.25) is 5.91 Å². The van der Waals surface area contributed by atoms with E-state index < -0.39 is 0 Å². The average molecular weight is 202 g/mol. The van der Waals surface area contributed by atoms with Gasteiger partial charge in [0.15, 0.2) is 0 Å². The standard InChI is InChI=1S/C10H22N2O2/c1-12(2)10(13)6-4-7-11-8-5-9-14-3/h11H,4-9H2,1-3H3. The summed E-state index contributed by atoms with van der Waals surface area (Å²) >= 11 is 0. The van der Waals surface area contributed by atoms with Gasteiger partial charge in [0.25, 0.3) is 0 Å². The predicted molar refractivity (Wildman–Crippen MR) is 57.3 cm³/mol. The maximum absolute atomic E-state index is 11.2. The molecule has 0 heterocycles. The van der Waals surface area contributed by atoms with Crippen LogP contribution in [-0.2, 0) is 9.53 Å². The zero-order chi connectivity index (χ0) is 10.8. The number of carbonyl (C=O) groups is 1. The molecule has 0 aromatic rings. The zero-order valence-electron chi connectivity index (χ0n) is 9.51. The lowest BCUT2D eigenvalue weighted by molar-refractivity contribution is -0.128. The van der Waals surface area contributed by atoms with Crippen molar-refractivity contribution in [2.24, 2.45) is 0 Å². The van der Waals surface area contributed by atoms with E-state index in [-0.39, 0.29) is 5.91 Å². The van der Waals surface area contributed by atoms with Crippen LogP contribution in [0.5, 0.6) is 0 Å². The molecule has 0 radical (unpaired) electrons. The molecule has 14 heavy (non-hydrogen) atoms. The molecule has 4 nitrogen and oxygen atoms in total. The van der Waals surface area contributed by atoms with Crippen molar-refractivity contribution in [3.63, 3.8) is 0 Å². The summed E-state index contributed by atoms with van der Waals surface area (Å²) in [5, 5.41) is 3.26. The summed E-state index contributed by atoms with van der Waals surface area (Å²) < 4.78 is 4.92. The highest BCUT2D eigenvalue weighted by molar-refractivity contribution is 5.75. The van der Waals surface area contributed by atoms with Crippen LogP contribution in [0, 0.1) is 0 Å². The van der Waals surface area contributed by atoms with Gasteiger partial charge in [-0.3, -0.25) is 4.79 Å². The van der Waals surface area contributed by atoms with Gasteiger partial charge < -0.3 is 15.0 Å². The smallest absolute Gasteiger partial charge is 0.222 e. The van der Waals surface area contributed by atoms with Crippen molar-refractivity contribution in [2.45, 2.75) is 19.3 Å². The number of nitrogens with zero attached hydrogens (tertiary/aromatic N) is 1. The van der Waals surface area contributed by atoms with E-state index >= 15 is 0 Å². The van der Waals surface area contributed by atoms with Crippen molar-refractivity contribution < 1.29 is 9.53 Å². The average Bonchev–Trinajstić information content (AvgIpc) is 2.16. The summed E-state index contributed by atoms with van der Waals surface area (Å²) in [5.41, 5.74) is 0. The summed E-state index contributed by atoms with van der Waals surface area (Å²) in [5.74, 6) is 0.198. The molecule has 0 saturated carbocycles. The minimum absolute atomic E-state index is 0.198. The molecular weight excluding hydrogens is 180 g/mol. The SMILES string of the molecule is COCCCNCCCC(=O)N(C)C. The molecule has 0 aromatic heterocycles. The number of hydrogen-bond donors (Lipinski definition) is 1. The van der Waals surface area contributed by atoms with E-state index in [4.69, 9.17) is 4.74 Å². The Morgan fingerprint density at radius 1 is 1.29 bits per heavy atom. The minimum Gasteiger partial charge on any atom is -0.385 e. The van der Waals surface area contributed by atoms with Crippen molar-refractivity contribution in [2.75, 3.05) is 40.9 Å². The summed E-state index contributed by atoms with van der Waals surface area (Å²) in [7, 11) is 5.28. The van der Waals surface area contributed by atoms with Crippen LogP contribution in [0.4, 0.5) is 0 Å². The summed E-state index contributed by atoms with van der Waals surface area (Å²) in [6.07, 6.45) is 2.56. The Morgan fingerprint density at radius 2 is 1.93 bits per heavy atom. The molecule has 4 heteroatoms. The molecule has 84 valence electrons. The van der Waals surface area contributed by atoms with Gasteiger partial charge in [-0.25, -0.2) is 0 Å². The van der Waals surface area contributed by atoms with E-state index in [1.165, 1.54) is 0 Å². The molecule has 0 unspecified atom stereocenters. The van der Waals surface area contributed by atoms with Crippen LogP contribution in [0.1, 0.15) is 19.3 Å². The summed E-state index contributed by atoms with van der Waals surface area (Å²) in [6, 6.07) is 0. The van der Waals surface area contributed by atoms with Gasteiger partial charge in [-0.2, -0.15) is 0 Å². The third-order valence-electron chi connectivity index (χ3n) is 1.95. The highest BCUT2D eigenvalue weighted by Crippen LogP contribution is 1.91. The second kappa shape index (κ2) is 8.97. The molecule has 0 saturated heterocycles. The third-order valence-corrected chi connectivity index (χ3v) is 1.95. The van der Waals surface area contributed by atoms with Crippen molar-refractivity contribution in [3.8, 4) is 0 Å². The molecule has 0 aliphatic heterocycles. The Hall–Kier alpha value is -0.610. The van der Waals surface area contributed by atoms with E-state index in [1.807, 2.05) is 0 Å². The molecule has 0 rings (SSSR count). The molecule has 0 fully saturated rings. The van der Waals surface area contributed by atoms with Crippen molar-refractivity contribution >= 4 is 5.91 Å². The quantitative estimate of drug-likeness (QED) is 0.582. The molecule has 0 aliphatic carbocycles. The number of hydrogen-bond acceptors (Lipinski definition) is 3. The molecule has 1 amide bonds. The molecule has 0 aromatic carbocycles. The van der Waals surface area contributed by atoms with E-state index in [1.54, 1.807) is 26.1 Å². The fourth-order valence-corrected chi connectivity index (χ4v) is 1.05. The van der Waals surface area contributed by atoms with Crippen LogP contribution in [0.25, 0.3) is 0 Å².